The van der Waals surface area contributed by atoms with Crippen LogP contribution in [0.3, 0.4) is 0 Å². The lowest BCUT2D eigenvalue weighted by atomic mass is 10.5. The van der Waals surface area contributed by atoms with Gasteiger partial charge in [-0.1, -0.05) is 0 Å². The summed E-state index contributed by atoms with van der Waals surface area (Å²) in [5.41, 5.74) is 0. The van der Waals surface area contributed by atoms with Crippen LogP contribution in [0.4, 0.5) is 0 Å². The van der Waals surface area contributed by atoms with Gasteiger partial charge in [0.15, 0.2) is 9.03 Å². The molecule has 2 atom stereocenters. The zero-order chi connectivity index (χ0) is 6.41. The predicted molar refractivity (Wildman–Crippen MR) is 36.8 cm³/mol. The highest BCUT2D eigenvalue weighted by Gasteiger charge is 1.99. The van der Waals surface area contributed by atoms with Crippen molar-refractivity contribution in [3.8, 4) is 0 Å². The molecule has 2 nitrogen and oxygen atoms in total. The van der Waals surface area contributed by atoms with Crippen LogP contribution in [-0.4, -0.2) is 22.8 Å². The van der Waals surface area contributed by atoms with Gasteiger partial charge in [0.05, 0.1) is 12.0 Å². The van der Waals surface area contributed by atoms with Crippen LogP contribution in [-0.2, 0) is 4.52 Å². The molecule has 0 saturated heterocycles. The van der Waals surface area contributed by atoms with Crippen molar-refractivity contribution in [2.24, 2.45) is 0 Å². The van der Waals surface area contributed by atoms with E-state index in [1.54, 1.807) is 0 Å². The van der Waals surface area contributed by atoms with E-state index < -0.39 is 9.03 Å². The molecule has 5 heteroatoms. The molecule has 0 aromatic rings. The fourth-order valence-corrected chi connectivity index (χ4v) is 0.706. The summed E-state index contributed by atoms with van der Waals surface area (Å²) in [6.45, 7) is 0.319. The summed E-state index contributed by atoms with van der Waals surface area (Å²) >= 11 is 10.8. The van der Waals surface area contributed by atoms with Crippen molar-refractivity contribution in [1.29, 1.82) is 0 Å². The molecular formula is C3H7Cl2O2P. The van der Waals surface area contributed by atoms with Gasteiger partial charge in [-0.3, -0.25) is 0 Å². The fourth-order valence-electron chi connectivity index (χ4n) is 0.172. The molecular weight excluding hydrogens is 170 g/mol. The largest absolute Gasteiger partial charge is 0.352 e. The molecule has 0 aliphatic carbocycles. The Hall–Kier alpha value is 0.930. The minimum Gasteiger partial charge on any atom is -0.352 e. The topological polar surface area (TPSA) is 29.5 Å². The number of rotatable bonds is 4. The second-order valence-corrected chi connectivity index (χ2v) is 2.55. The van der Waals surface area contributed by atoms with Crippen molar-refractivity contribution in [2.45, 2.75) is 5.38 Å². The van der Waals surface area contributed by atoms with Crippen LogP contribution in [0.15, 0.2) is 0 Å². The maximum absolute atomic E-state index is 8.11. The molecule has 0 rings (SSSR count). The van der Waals surface area contributed by atoms with E-state index in [4.69, 9.17) is 28.1 Å². The van der Waals surface area contributed by atoms with E-state index >= 15 is 0 Å². The third kappa shape index (κ3) is 5.07. The van der Waals surface area contributed by atoms with Gasteiger partial charge < -0.3 is 9.42 Å². The van der Waals surface area contributed by atoms with Crippen LogP contribution >= 0.6 is 32.2 Å². The Balaban J connectivity index is 2.86. The molecule has 0 saturated carbocycles. The Kier molecular flexibility index (Phi) is 6.76. The van der Waals surface area contributed by atoms with Crippen LogP contribution in [0.5, 0.6) is 0 Å². The summed E-state index contributed by atoms with van der Waals surface area (Å²) in [6.07, 6.45) is 0. The normalized spacial score (nSPS) is 15.4. The summed E-state index contributed by atoms with van der Waals surface area (Å²) in [5.74, 6) is 0.353. The van der Waals surface area contributed by atoms with Gasteiger partial charge in [0.25, 0.3) is 0 Å². The first-order valence-corrected chi connectivity index (χ1v) is 3.84. The molecule has 0 fully saturated rings. The Morgan fingerprint density at radius 2 is 2.38 bits per heavy atom. The van der Waals surface area contributed by atoms with Gasteiger partial charge in [0, 0.05) is 5.88 Å². The Bertz CT molecular complexity index is 54.5. The maximum Gasteiger partial charge on any atom is 0.152 e. The summed E-state index contributed by atoms with van der Waals surface area (Å²) in [4.78, 5) is 8.11. The van der Waals surface area contributed by atoms with Crippen LogP contribution in [0.1, 0.15) is 0 Å². The number of alkyl halides is 2. The van der Waals surface area contributed by atoms with Gasteiger partial charge in [0.1, 0.15) is 0 Å². The van der Waals surface area contributed by atoms with Gasteiger partial charge in [-0.2, -0.15) is 0 Å². The molecule has 8 heavy (non-hydrogen) atoms. The Morgan fingerprint density at radius 1 is 1.75 bits per heavy atom. The lowest BCUT2D eigenvalue weighted by molar-refractivity contribution is 0.330. The van der Waals surface area contributed by atoms with Crippen LogP contribution in [0.2, 0.25) is 0 Å². The summed E-state index contributed by atoms with van der Waals surface area (Å²) in [5, 5.41) is -0.184. The molecule has 1 N–H and O–H groups in total. The van der Waals surface area contributed by atoms with Crippen LogP contribution in [0.25, 0.3) is 0 Å². The highest BCUT2D eigenvalue weighted by Crippen LogP contribution is 2.07. The highest BCUT2D eigenvalue weighted by molar-refractivity contribution is 7.24. The first-order chi connectivity index (χ1) is 3.81. The van der Waals surface area contributed by atoms with Crippen molar-refractivity contribution in [2.75, 3.05) is 12.5 Å². The third-order valence-electron chi connectivity index (χ3n) is 0.496. The fraction of sp³-hybridized carbons (Fsp3) is 1.00. The van der Waals surface area contributed by atoms with Gasteiger partial charge in [-0.15, -0.1) is 23.2 Å². The van der Waals surface area contributed by atoms with E-state index in [2.05, 4.69) is 4.52 Å². The zero-order valence-electron chi connectivity index (χ0n) is 4.10. The Labute approximate surface area is 60.1 Å². The second-order valence-electron chi connectivity index (χ2n) is 1.15. The van der Waals surface area contributed by atoms with Crippen molar-refractivity contribution >= 4 is 32.2 Å². The van der Waals surface area contributed by atoms with E-state index in [9.17, 15) is 0 Å². The minimum atomic E-state index is -0.489. The summed E-state index contributed by atoms with van der Waals surface area (Å²) in [7, 11) is -0.489. The molecule has 0 aromatic carbocycles. The number of halogens is 2. The quantitative estimate of drug-likeness (QED) is 0.518. The van der Waals surface area contributed by atoms with E-state index in [-0.39, 0.29) is 5.38 Å². The van der Waals surface area contributed by atoms with Crippen molar-refractivity contribution in [3.63, 3.8) is 0 Å². The molecule has 0 radical (unpaired) electrons. The van der Waals surface area contributed by atoms with Gasteiger partial charge in [-0.25, -0.2) is 0 Å². The third-order valence-corrected chi connectivity index (χ3v) is 1.60. The smallest absolute Gasteiger partial charge is 0.152 e. The number of hydrogen-bond acceptors (Lipinski definition) is 2. The van der Waals surface area contributed by atoms with Gasteiger partial charge >= 0.3 is 0 Å². The van der Waals surface area contributed by atoms with E-state index in [1.165, 1.54) is 0 Å². The van der Waals surface area contributed by atoms with Crippen molar-refractivity contribution in [3.05, 3.63) is 0 Å². The average Bonchev–Trinajstić information content (AvgIpc) is 1.83. The van der Waals surface area contributed by atoms with Crippen LogP contribution < -0.4 is 0 Å². The summed E-state index contributed by atoms with van der Waals surface area (Å²) < 4.78 is 4.55. The molecule has 0 heterocycles. The van der Waals surface area contributed by atoms with Crippen molar-refractivity contribution < 1.29 is 9.42 Å². The molecule has 2 unspecified atom stereocenters. The van der Waals surface area contributed by atoms with E-state index in [0.717, 1.165) is 0 Å². The highest BCUT2D eigenvalue weighted by atomic mass is 35.5. The van der Waals surface area contributed by atoms with E-state index in [0.29, 0.717) is 12.5 Å². The van der Waals surface area contributed by atoms with E-state index in [1.807, 2.05) is 0 Å². The summed E-state index contributed by atoms with van der Waals surface area (Å²) in [6, 6.07) is 0. The second kappa shape index (κ2) is 6.06. The van der Waals surface area contributed by atoms with Gasteiger partial charge in [-0.05, 0) is 0 Å². The van der Waals surface area contributed by atoms with Crippen LogP contribution in [0, 0.1) is 0 Å². The lowest BCUT2D eigenvalue weighted by Crippen LogP contribution is -2.06. The lowest BCUT2D eigenvalue weighted by Gasteiger charge is -2.01. The molecule has 0 aromatic heterocycles. The molecule has 0 aliphatic rings. The number of hydrogen-bond donors (Lipinski definition) is 1. The monoisotopic (exact) mass is 176 g/mol. The first-order valence-electron chi connectivity index (χ1n) is 2.02. The molecule has 0 amide bonds. The molecule has 0 spiro atoms. The maximum atomic E-state index is 8.11. The predicted octanol–water partition coefficient (Wildman–Crippen LogP) is 1.35. The molecule has 0 bridgehead atoms. The molecule has 50 valence electrons. The average molecular weight is 177 g/mol. The SMILES string of the molecule is OPOCC(Cl)CCl. The standard InChI is InChI=1S/C3H7Cl2O2P/c4-1-3(5)2-7-8-6/h3,6,8H,1-2H2. The van der Waals surface area contributed by atoms with Crippen molar-refractivity contribution in [1.82, 2.24) is 0 Å². The Morgan fingerprint density at radius 3 is 2.75 bits per heavy atom. The molecule has 0 aliphatic heterocycles. The zero-order valence-corrected chi connectivity index (χ0v) is 6.61. The first kappa shape index (κ1) is 8.93. The van der Waals surface area contributed by atoms with Gasteiger partial charge in [0.2, 0.25) is 0 Å². The minimum absolute atomic E-state index is 0.184.